The Morgan fingerprint density at radius 2 is 2.36 bits per heavy atom. The second-order valence-electron chi connectivity index (χ2n) is 3.50. The van der Waals surface area contributed by atoms with Crippen LogP contribution in [0.5, 0.6) is 0 Å². The predicted octanol–water partition coefficient (Wildman–Crippen LogP) is 1.38. The van der Waals surface area contributed by atoms with Gasteiger partial charge in [0.25, 0.3) is 0 Å². The van der Waals surface area contributed by atoms with E-state index >= 15 is 0 Å². The summed E-state index contributed by atoms with van der Waals surface area (Å²) in [6.45, 7) is 0. The number of hydrogen-bond acceptors (Lipinski definition) is 1. The molecule has 1 aliphatic heterocycles. The van der Waals surface area contributed by atoms with E-state index in [1.165, 1.54) is 12.8 Å². The van der Waals surface area contributed by atoms with Gasteiger partial charge < -0.3 is 5.32 Å². The second kappa shape index (κ2) is 2.36. The summed E-state index contributed by atoms with van der Waals surface area (Å²) in [6, 6.07) is 0. The van der Waals surface area contributed by atoms with Crippen molar-refractivity contribution in [1.82, 2.24) is 5.32 Å². The first-order valence-electron chi connectivity index (χ1n) is 4.30. The van der Waals surface area contributed by atoms with E-state index in [9.17, 15) is 4.79 Å². The lowest BCUT2D eigenvalue weighted by atomic mass is 9.86. The molecule has 1 atom stereocenters. The first kappa shape index (κ1) is 6.89. The van der Waals surface area contributed by atoms with E-state index in [0.29, 0.717) is 6.42 Å². The molecule has 0 aromatic heterocycles. The monoisotopic (exact) mass is 151 g/mol. The van der Waals surface area contributed by atoms with E-state index in [4.69, 9.17) is 0 Å². The highest BCUT2D eigenvalue weighted by Crippen LogP contribution is 2.30. The standard InChI is InChI=1S/C9H13NO/c11-8-4-7-9(10-8)5-2-1-3-6-9/h2,5H,1,3-4,6-7H2,(H,10,11). The zero-order valence-electron chi connectivity index (χ0n) is 6.60. The third-order valence-electron chi connectivity index (χ3n) is 2.62. The van der Waals surface area contributed by atoms with Crippen LogP contribution in [0.3, 0.4) is 0 Å². The molecule has 0 bridgehead atoms. The number of amides is 1. The maximum atomic E-state index is 11.0. The number of allylic oxidation sites excluding steroid dienone is 1. The Labute approximate surface area is 66.7 Å². The summed E-state index contributed by atoms with van der Waals surface area (Å²) < 4.78 is 0. The molecule has 1 spiro atoms. The topological polar surface area (TPSA) is 29.1 Å². The zero-order valence-corrected chi connectivity index (χ0v) is 6.60. The molecule has 1 fully saturated rings. The molecular weight excluding hydrogens is 138 g/mol. The van der Waals surface area contributed by atoms with Crippen LogP contribution >= 0.6 is 0 Å². The minimum absolute atomic E-state index is 0.0648. The van der Waals surface area contributed by atoms with Gasteiger partial charge in [-0.2, -0.15) is 0 Å². The van der Waals surface area contributed by atoms with Crippen LogP contribution < -0.4 is 5.32 Å². The molecular formula is C9H13NO. The predicted molar refractivity (Wildman–Crippen MR) is 43.1 cm³/mol. The van der Waals surface area contributed by atoms with Crippen molar-refractivity contribution in [3.05, 3.63) is 12.2 Å². The van der Waals surface area contributed by atoms with Crippen LogP contribution in [0, 0.1) is 0 Å². The quantitative estimate of drug-likeness (QED) is 0.520. The highest BCUT2D eigenvalue weighted by Gasteiger charge is 2.35. The van der Waals surface area contributed by atoms with Crippen molar-refractivity contribution in [3.8, 4) is 0 Å². The molecule has 2 heteroatoms. The summed E-state index contributed by atoms with van der Waals surface area (Å²) in [5.41, 5.74) is 0.0648. The molecule has 2 aliphatic rings. The van der Waals surface area contributed by atoms with Crippen molar-refractivity contribution in [1.29, 1.82) is 0 Å². The van der Waals surface area contributed by atoms with Gasteiger partial charge in [-0.05, 0) is 25.7 Å². The van der Waals surface area contributed by atoms with Crippen LogP contribution in [0.15, 0.2) is 12.2 Å². The van der Waals surface area contributed by atoms with Gasteiger partial charge in [0.15, 0.2) is 0 Å². The number of rotatable bonds is 0. The Balaban J connectivity index is 2.15. The summed E-state index contributed by atoms with van der Waals surface area (Å²) in [6.07, 6.45) is 9.62. The highest BCUT2D eigenvalue weighted by molar-refractivity contribution is 5.80. The van der Waals surface area contributed by atoms with Crippen molar-refractivity contribution in [3.63, 3.8) is 0 Å². The van der Waals surface area contributed by atoms with Gasteiger partial charge >= 0.3 is 0 Å². The van der Waals surface area contributed by atoms with Crippen molar-refractivity contribution >= 4 is 5.91 Å². The number of carbonyl (C=O) groups is 1. The fourth-order valence-electron chi connectivity index (χ4n) is 1.98. The number of carbonyl (C=O) groups excluding carboxylic acids is 1. The third kappa shape index (κ3) is 1.17. The Morgan fingerprint density at radius 3 is 2.91 bits per heavy atom. The number of nitrogens with one attached hydrogen (secondary N) is 1. The van der Waals surface area contributed by atoms with Crippen molar-refractivity contribution in [2.24, 2.45) is 0 Å². The molecule has 11 heavy (non-hydrogen) atoms. The zero-order chi connectivity index (χ0) is 7.73. The van der Waals surface area contributed by atoms with Crippen molar-refractivity contribution in [2.45, 2.75) is 37.6 Å². The van der Waals surface area contributed by atoms with Crippen LogP contribution in [0.4, 0.5) is 0 Å². The van der Waals surface area contributed by atoms with Crippen LogP contribution in [0.25, 0.3) is 0 Å². The third-order valence-corrected chi connectivity index (χ3v) is 2.62. The molecule has 1 amide bonds. The Morgan fingerprint density at radius 1 is 1.45 bits per heavy atom. The highest BCUT2D eigenvalue weighted by atomic mass is 16.2. The molecule has 0 saturated carbocycles. The van der Waals surface area contributed by atoms with E-state index in [0.717, 1.165) is 12.8 Å². The summed E-state index contributed by atoms with van der Waals surface area (Å²) >= 11 is 0. The van der Waals surface area contributed by atoms with Crippen molar-refractivity contribution in [2.75, 3.05) is 0 Å². The lowest BCUT2D eigenvalue weighted by Gasteiger charge is -2.28. The summed E-state index contributed by atoms with van der Waals surface area (Å²) in [4.78, 5) is 11.0. The Kier molecular flexibility index (Phi) is 1.48. The average molecular weight is 151 g/mol. The van der Waals surface area contributed by atoms with Gasteiger partial charge in [0.2, 0.25) is 5.91 Å². The number of hydrogen-bond donors (Lipinski definition) is 1. The van der Waals surface area contributed by atoms with E-state index in [1.54, 1.807) is 0 Å². The maximum Gasteiger partial charge on any atom is 0.220 e. The summed E-state index contributed by atoms with van der Waals surface area (Å²) in [5, 5.41) is 3.04. The van der Waals surface area contributed by atoms with Gasteiger partial charge in [-0.3, -0.25) is 4.79 Å². The normalized spacial score (nSPS) is 36.2. The molecule has 1 aliphatic carbocycles. The molecule has 1 unspecified atom stereocenters. The molecule has 0 radical (unpaired) electrons. The smallest absolute Gasteiger partial charge is 0.220 e. The van der Waals surface area contributed by atoms with E-state index in [-0.39, 0.29) is 11.4 Å². The SMILES string of the molecule is O=C1CCC2(C=CCCC2)N1. The minimum atomic E-state index is 0.0648. The summed E-state index contributed by atoms with van der Waals surface area (Å²) in [5.74, 6) is 0.219. The van der Waals surface area contributed by atoms with Crippen LogP contribution in [-0.2, 0) is 4.79 Å². The fraction of sp³-hybridized carbons (Fsp3) is 0.667. The lowest BCUT2D eigenvalue weighted by molar-refractivity contribution is -0.119. The molecule has 0 aromatic carbocycles. The fourth-order valence-corrected chi connectivity index (χ4v) is 1.98. The first-order chi connectivity index (χ1) is 5.31. The van der Waals surface area contributed by atoms with Crippen molar-refractivity contribution < 1.29 is 4.79 Å². The lowest BCUT2D eigenvalue weighted by Crippen LogP contribution is -2.40. The Bertz CT molecular complexity index is 210. The summed E-state index contributed by atoms with van der Waals surface area (Å²) in [7, 11) is 0. The minimum Gasteiger partial charge on any atom is -0.347 e. The molecule has 1 heterocycles. The molecule has 2 nitrogen and oxygen atoms in total. The van der Waals surface area contributed by atoms with Gasteiger partial charge in [-0.1, -0.05) is 12.2 Å². The molecule has 1 N–H and O–H groups in total. The van der Waals surface area contributed by atoms with Gasteiger partial charge in [-0.25, -0.2) is 0 Å². The molecule has 0 aromatic rings. The molecule has 1 saturated heterocycles. The van der Waals surface area contributed by atoms with Crippen LogP contribution in [0.1, 0.15) is 32.1 Å². The maximum absolute atomic E-state index is 11.0. The first-order valence-corrected chi connectivity index (χ1v) is 4.30. The average Bonchev–Trinajstić information content (AvgIpc) is 2.34. The second-order valence-corrected chi connectivity index (χ2v) is 3.50. The van der Waals surface area contributed by atoms with Gasteiger partial charge in [-0.15, -0.1) is 0 Å². The van der Waals surface area contributed by atoms with Crippen LogP contribution in [-0.4, -0.2) is 11.4 Å². The largest absolute Gasteiger partial charge is 0.347 e. The van der Waals surface area contributed by atoms with E-state index in [1.807, 2.05) is 0 Å². The van der Waals surface area contributed by atoms with E-state index < -0.39 is 0 Å². The Hall–Kier alpha value is -0.790. The van der Waals surface area contributed by atoms with Gasteiger partial charge in [0.1, 0.15) is 0 Å². The molecule has 60 valence electrons. The van der Waals surface area contributed by atoms with Crippen LogP contribution in [0.2, 0.25) is 0 Å². The van der Waals surface area contributed by atoms with Gasteiger partial charge in [0.05, 0.1) is 5.54 Å². The molecule has 2 rings (SSSR count). The van der Waals surface area contributed by atoms with Gasteiger partial charge in [0, 0.05) is 6.42 Å². The van der Waals surface area contributed by atoms with E-state index in [2.05, 4.69) is 17.5 Å².